The maximum Gasteiger partial charge on any atom is 0.0931 e. The Morgan fingerprint density at radius 2 is 2.44 bits per heavy atom. The summed E-state index contributed by atoms with van der Waals surface area (Å²) in [6.07, 6.45) is 7.46. The van der Waals surface area contributed by atoms with Gasteiger partial charge in [-0.3, -0.25) is 0 Å². The third-order valence-electron chi connectivity index (χ3n) is 1.48. The van der Waals surface area contributed by atoms with Crippen molar-refractivity contribution in [1.29, 1.82) is 0 Å². The molecule has 1 heteroatoms. The molecule has 0 amide bonds. The minimum Gasteiger partial charge on any atom is -0.512 e. The molecule has 1 aliphatic rings. The van der Waals surface area contributed by atoms with Crippen LogP contribution < -0.4 is 0 Å². The largest absolute Gasteiger partial charge is 0.512 e. The lowest BCUT2D eigenvalue weighted by atomic mass is 9.97. The summed E-state index contributed by atoms with van der Waals surface area (Å²) in [6.45, 7) is 2.10. The number of allylic oxidation sites excluding steroid dienone is 4. The van der Waals surface area contributed by atoms with Gasteiger partial charge in [0.1, 0.15) is 0 Å². The zero-order valence-corrected chi connectivity index (χ0v) is 5.59. The number of hydrogen-bond donors (Lipinski definition) is 1. The van der Waals surface area contributed by atoms with Crippen LogP contribution in [0.1, 0.15) is 19.8 Å². The average molecular weight is 123 g/mol. The van der Waals surface area contributed by atoms with E-state index in [1.807, 2.05) is 6.08 Å². The Bertz CT molecular complexity index is 145. The number of hydrogen-bond acceptors (Lipinski definition) is 1. The summed E-state index contributed by atoms with van der Waals surface area (Å²) in [7, 11) is 0. The van der Waals surface area contributed by atoms with Crippen molar-refractivity contribution in [1.82, 2.24) is 0 Å². The summed E-state index contributed by atoms with van der Waals surface area (Å²) in [4.78, 5) is 0. The molecule has 0 bridgehead atoms. The van der Waals surface area contributed by atoms with Crippen molar-refractivity contribution in [2.75, 3.05) is 0 Å². The molecule has 1 nitrogen and oxygen atoms in total. The molecule has 0 aromatic rings. The summed E-state index contributed by atoms with van der Waals surface area (Å²) < 4.78 is 0. The SMILES string of the molecule is CC[C]1C=CC=C(O)C1. The van der Waals surface area contributed by atoms with Crippen LogP contribution in [0.4, 0.5) is 0 Å². The van der Waals surface area contributed by atoms with Crippen molar-refractivity contribution in [3.8, 4) is 0 Å². The van der Waals surface area contributed by atoms with Gasteiger partial charge in [-0.2, -0.15) is 0 Å². The van der Waals surface area contributed by atoms with E-state index in [2.05, 4.69) is 13.0 Å². The first kappa shape index (κ1) is 6.40. The van der Waals surface area contributed by atoms with Gasteiger partial charge in [0, 0.05) is 12.3 Å². The van der Waals surface area contributed by atoms with Crippen molar-refractivity contribution in [3.63, 3.8) is 0 Å². The molecule has 9 heavy (non-hydrogen) atoms. The van der Waals surface area contributed by atoms with E-state index in [1.54, 1.807) is 6.08 Å². The zero-order valence-electron chi connectivity index (χ0n) is 5.59. The molecule has 0 atom stereocenters. The highest BCUT2D eigenvalue weighted by atomic mass is 16.3. The molecule has 0 aromatic heterocycles. The Morgan fingerprint density at radius 3 is 2.89 bits per heavy atom. The fourth-order valence-corrected chi connectivity index (χ4v) is 0.889. The third-order valence-corrected chi connectivity index (χ3v) is 1.48. The third kappa shape index (κ3) is 1.60. The Labute approximate surface area is 55.7 Å². The monoisotopic (exact) mass is 123 g/mol. The molecule has 1 radical (unpaired) electrons. The molecule has 1 N–H and O–H groups in total. The van der Waals surface area contributed by atoms with Crippen molar-refractivity contribution in [2.24, 2.45) is 0 Å². The highest BCUT2D eigenvalue weighted by Gasteiger charge is 2.07. The van der Waals surface area contributed by atoms with Gasteiger partial charge in [-0.1, -0.05) is 19.1 Å². The van der Waals surface area contributed by atoms with Gasteiger partial charge in [-0.15, -0.1) is 0 Å². The van der Waals surface area contributed by atoms with Crippen LogP contribution >= 0.6 is 0 Å². The van der Waals surface area contributed by atoms with E-state index in [1.165, 1.54) is 5.92 Å². The number of rotatable bonds is 1. The fourth-order valence-electron chi connectivity index (χ4n) is 0.889. The molecule has 0 unspecified atom stereocenters. The molecule has 0 fully saturated rings. The first-order chi connectivity index (χ1) is 4.33. The summed E-state index contributed by atoms with van der Waals surface area (Å²) in [5.74, 6) is 1.78. The highest BCUT2D eigenvalue weighted by molar-refractivity contribution is 5.25. The number of aliphatic hydroxyl groups excluding tert-OH is 1. The lowest BCUT2D eigenvalue weighted by Gasteiger charge is -2.10. The maximum absolute atomic E-state index is 9.00. The van der Waals surface area contributed by atoms with Gasteiger partial charge >= 0.3 is 0 Å². The Kier molecular flexibility index (Phi) is 1.93. The highest BCUT2D eigenvalue weighted by Crippen LogP contribution is 2.20. The van der Waals surface area contributed by atoms with Crippen molar-refractivity contribution >= 4 is 0 Å². The van der Waals surface area contributed by atoms with Gasteiger partial charge in [0.25, 0.3) is 0 Å². The van der Waals surface area contributed by atoms with E-state index in [4.69, 9.17) is 5.11 Å². The molecule has 0 heterocycles. The van der Waals surface area contributed by atoms with Crippen molar-refractivity contribution in [3.05, 3.63) is 29.9 Å². The van der Waals surface area contributed by atoms with Crippen LogP contribution in [0.5, 0.6) is 0 Å². The van der Waals surface area contributed by atoms with E-state index >= 15 is 0 Å². The summed E-state index contributed by atoms with van der Waals surface area (Å²) in [5.41, 5.74) is 0. The van der Waals surface area contributed by atoms with E-state index < -0.39 is 0 Å². The van der Waals surface area contributed by atoms with Gasteiger partial charge in [0.15, 0.2) is 0 Å². The molecule has 1 rings (SSSR count). The van der Waals surface area contributed by atoms with Crippen LogP contribution in [0.3, 0.4) is 0 Å². The predicted octanol–water partition coefficient (Wildman–Crippen LogP) is 2.37. The van der Waals surface area contributed by atoms with Crippen LogP contribution in [0.25, 0.3) is 0 Å². The first-order valence-corrected chi connectivity index (χ1v) is 3.24. The van der Waals surface area contributed by atoms with Crippen LogP contribution in [0, 0.1) is 5.92 Å². The second-order valence-electron chi connectivity index (χ2n) is 2.21. The van der Waals surface area contributed by atoms with E-state index in [-0.39, 0.29) is 0 Å². The van der Waals surface area contributed by atoms with Crippen LogP contribution in [-0.4, -0.2) is 5.11 Å². The summed E-state index contributed by atoms with van der Waals surface area (Å²) in [5, 5.41) is 9.00. The van der Waals surface area contributed by atoms with Crippen molar-refractivity contribution < 1.29 is 5.11 Å². The molecular weight excluding hydrogens is 112 g/mol. The van der Waals surface area contributed by atoms with Gasteiger partial charge in [0.2, 0.25) is 0 Å². The van der Waals surface area contributed by atoms with Gasteiger partial charge in [0.05, 0.1) is 5.76 Å². The average Bonchev–Trinajstić information content (AvgIpc) is 1.88. The van der Waals surface area contributed by atoms with E-state index in [0.717, 1.165) is 12.8 Å². The molecule has 0 saturated heterocycles. The standard InChI is InChI=1S/C8H11O/c1-2-7-4-3-5-8(9)6-7/h3-5,9H,2,6H2,1H3. The minimum absolute atomic E-state index is 0.481. The fraction of sp³-hybridized carbons (Fsp3) is 0.375. The quantitative estimate of drug-likeness (QED) is 0.567. The van der Waals surface area contributed by atoms with Gasteiger partial charge in [-0.05, 0) is 12.5 Å². The van der Waals surface area contributed by atoms with Gasteiger partial charge in [-0.25, -0.2) is 0 Å². The molecule has 0 spiro atoms. The molecule has 1 aliphatic carbocycles. The molecular formula is C8H11O. The Balaban J connectivity index is 2.51. The summed E-state index contributed by atoms with van der Waals surface area (Å²) in [6, 6.07) is 0. The lowest BCUT2D eigenvalue weighted by molar-refractivity contribution is 0.390. The second kappa shape index (κ2) is 2.72. The van der Waals surface area contributed by atoms with Crippen molar-refractivity contribution in [2.45, 2.75) is 19.8 Å². The first-order valence-electron chi connectivity index (χ1n) is 3.24. The number of aliphatic hydroxyl groups is 1. The zero-order chi connectivity index (χ0) is 6.69. The summed E-state index contributed by atoms with van der Waals surface area (Å²) >= 11 is 0. The molecule has 0 saturated carbocycles. The smallest absolute Gasteiger partial charge is 0.0931 e. The van der Waals surface area contributed by atoms with Crippen LogP contribution in [-0.2, 0) is 0 Å². The second-order valence-corrected chi connectivity index (χ2v) is 2.21. The molecule has 0 aromatic carbocycles. The van der Waals surface area contributed by atoms with Crippen LogP contribution in [0.15, 0.2) is 24.0 Å². The topological polar surface area (TPSA) is 20.2 Å². The lowest BCUT2D eigenvalue weighted by Crippen LogP contribution is -1.97. The van der Waals surface area contributed by atoms with E-state index in [9.17, 15) is 0 Å². The minimum atomic E-state index is 0.481. The van der Waals surface area contributed by atoms with Crippen LogP contribution in [0.2, 0.25) is 0 Å². The molecule has 49 valence electrons. The normalized spacial score (nSPS) is 19.9. The maximum atomic E-state index is 9.00. The Hall–Kier alpha value is -0.720. The van der Waals surface area contributed by atoms with Gasteiger partial charge < -0.3 is 5.11 Å². The molecule has 0 aliphatic heterocycles. The Morgan fingerprint density at radius 1 is 1.67 bits per heavy atom. The predicted molar refractivity (Wildman–Crippen MR) is 38.0 cm³/mol. The van der Waals surface area contributed by atoms with E-state index in [0.29, 0.717) is 5.76 Å².